The third-order valence-corrected chi connectivity index (χ3v) is 7.05. The van der Waals surface area contributed by atoms with E-state index in [4.69, 9.17) is 20.8 Å². The second-order valence-electron chi connectivity index (χ2n) is 8.62. The molecule has 2 saturated heterocycles. The summed E-state index contributed by atoms with van der Waals surface area (Å²) >= 11 is 6.42. The van der Waals surface area contributed by atoms with Crippen molar-refractivity contribution in [1.29, 1.82) is 0 Å². The van der Waals surface area contributed by atoms with E-state index in [0.717, 1.165) is 11.1 Å². The maximum absolute atomic E-state index is 13.7. The van der Waals surface area contributed by atoms with Crippen LogP contribution in [-0.4, -0.2) is 66.5 Å². The lowest BCUT2D eigenvalue weighted by molar-refractivity contribution is -0.134. The summed E-state index contributed by atoms with van der Waals surface area (Å²) in [7, 11) is 1.53. The number of rotatable bonds is 7. The van der Waals surface area contributed by atoms with Crippen molar-refractivity contribution in [3.8, 4) is 0 Å². The van der Waals surface area contributed by atoms with Gasteiger partial charge in [0.1, 0.15) is 5.54 Å². The minimum absolute atomic E-state index is 0.153. The molecule has 1 N–H and O–H groups in total. The van der Waals surface area contributed by atoms with E-state index >= 15 is 0 Å². The number of methoxy groups -OCH3 is 1. The lowest BCUT2D eigenvalue weighted by Crippen LogP contribution is -2.58. The largest absolute Gasteiger partial charge is 0.459 e. The van der Waals surface area contributed by atoms with Gasteiger partial charge in [-0.3, -0.25) is 14.5 Å². The number of benzene rings is 1. The molecule has 176 valence electrons. The van der Waals surface area contributed by atoms with E-state index in [2.05, 4.69) is 5.32 Å². The monoisotopic (exact) mass is 473 g/mol. The number of aryl methyl sites for hydroxylation is 1. The zero-order valence-electron chi connectivity index (χ0n) is 18.8. The zero-order valence-corrected chi connectivity index (χ0v) is 19.6. The molecule has 0 bridgehead atoms. The van der Waals surface area contributed by atoms with E-state index < -0.39 is 11.6 Å². The standard InChI is InChI=1S/C24H28ClN3O5/c1-16-9-13-33-20(16)21(29)27-10-7-18(8-11-27)24(15-17-5-3-4-6-19(17)25)22(30)28(12-14-32-2)23(31)26-24/h3-6,9,13,18H,7-8,10-12,14-15H2,1-2H3,(H,26,31)/t24-/m1/s1. The molecular weight excluding hydrogens is 446 g/mol. The maximum atomic E-state index is 13.7. The Hall–Kier alpha value is -2.84. The van der Waals surface area contributed by atoms with Crippen molar-refractivity contribution in [2.45, 2.75) is 31.7 Å². The Balaban J connectivity index is 1.58. The van der Waals surface area contributed by atoms with Crippen LogP contribution in [-0.2, 0) is 16.0 Å². The number of carbonyl (C=O) groups is 3. The third kappa shape index (κ3) is 4.37. The predicted octanol–water partition coefficient (Wildman–Crippen LogP) is 3.27. The van der Waals surface area contributed by atoms with Crippen LogP contribution in [0.2, 0.25) is 5.02 Å². The molecule has 0 saturated carbocycles. The Morgan fingerprint density at radius 3 is 2.61 bits per heavy atom. The van der Waals surface area contributed by atoms with Gasteiger partial charge in [0.05, 0.1) is 19.4 Å². The normalized spacial score (nSPS) is 21.5. The van der Waals surface area contributed by atoms with Crippen LogP contribution in [0.3, 0.4) is 0 Å². The zero-order chi connectivity index (χ0) is 23.6. The average Bonchev–Trinajstić information content (AvgIpc) is 3.34. The number of hydrogen-bond donors (Lipinski definition) is 1. The van der Waals surface area contributed by atoms with Crippen LogP contribution in [0.1, 0.15) is 34.5 Å². The Labute approximate surface area is 197 Å². The SMILES string of the molecule is COCCN1C(=O)N[C@](Cc2ccccc2Cl)(C2CCN(C(=O)c3occc3C)CC2)C1=O. The molecule has 2 aliphatic heterocycles. The number of amides is 4. The van der Waals surface area contributed by atoms with Crippen LogP contribution in [0.15, 0.2) is 41.0 Å². The van der Waals surface area contributed by atoms with Crippen molar-refractivity contribution < 1.29 is 23.5 Å². The van der Waals surface area contributed by atoms with Crippen molar-refractivity contribution in [2.24, 2.45) is 5.92 Å². The molecule has 0 spiro atoms. The Morgan fingerprint density at radius 2 is 1.97 bits per heavy atom. The smallest absolute Gasteiger partial charge is 0.325 e. The predicted molar refractivity (Wildman–Crippen MR) is 122 cm³/mol. The molecule has 2 aliphatic rings. The summed E-state index contributed by atoms with van der Waals surface area (Å²) in [6, 6.07) is 8.69. The number of nitrogens with one attached hydrogen (secondary N) is 1. The molecule has 4 rings (SSSR count). The van der Waals surface area contributed by atoms with Gasteiger partial charge in [-0.1, -0.05) is 29.8 Å². The van der Waals surface area contributed by atoms with Gasteiger partial charge in [-0.05, 0) is 43.4 Å². The molecule has 4 amide bonds. The molecule has 1 atom stereocenters. The van der Waals surface area contributed by atoms with Gasteiger partial charge in [0, 0.05) is 37.2 Å². The number of imide groups is 1. The molecule has 0 radical (unpaired) electrons. The van der Waals surface area contributed by atoms with Gasteiger partial charge in [0.25, 0.3) is 11.8 Å². The summed E-state index contributed by atoms with van der Waals surface area (Å²) in [5.41, 5.74) is 0.474. The number of hydrogen-bond acceptors (Lipinski definition) is 5. The second-order valence-corrected chi connectivity index (χ2v) is 9.03. The summed E-state index contributed by atoms with van der Waals surface area (Å²) in [5, 5.41) is 3.55. The van der Waals surface area contributed by atoms with Crippen molar-refractivity contribution in [3.05, 3.63) is 58.5 Å². The number of ether oxygens (including phenoxy) is 1. The van der Waals surface area contributed by atoms with Gasteiger partial charge < -0.3 is 19.4 Å². The first kappa shape index (κ1) is 23.3. The summed E-state index contributed by atoms with van der Waals surface area (Å²) in [6.07, 6.45) is 2.94. The van der Waals surface area contributed by atoms with E-state index in [9.17, 15) is 14.4 Å². The molecule has 3 heterocycles. The molecule has 9 heteroatoms. The maximum Gasteiger partial charge on any atom is 0.325 e. The number of nitrogens with zero attached hydrogens (tertiary/aromatic N) is 2. The Bertz CT molecular complexity index is 1050. The van der Waals surface area contributed by atoms with Gasteiger partial charge in [-0.25, -0.2) is 4.79 Å². The van der Waals surface area contributed by atoms with Gasteiger partial charge in [-0.15, -0.1) is 0 Å². The molecule has 2 fully saturated rings. The lowest BCUT2D eigenvalue weighted by Gasteiger charge is -2.41. The highest BCUT2D eigenvalue weighted by molar-refractivity contribution is 6.31. The first-order valence-corrected chi connectivity index (χ1v) is 11.4. The highest BCUT2D eigenvalue weighted by atomic mass is 35.5. The molecule has 0 unspecified atom stereocenters. The van der Waals surface area contributed by atoms with Crippen LogP contribution in [0.4, 0.5) is 4.79 Å². The fourth-order valence-corrected chi connectivity index (χ4v) is 5.03. The van der Waals surface area contributed by atoms with E-state index in [1.54, 1.807) is 17.0 Å². The fourth-order valence-electron chi connectivity index (χ4n) is 4.82. The van der Waals surface area contributed by atoms with E-state index in [-0.39, 0.29) is 37.3 Å². The topological polar surface area (TPSA) is 92.1 Å². The molecule has 1 aromatic carbocycles. The fraction of sp³-hybridized carbons (Fsp3) is 0.458. The minimum atomic E-state index is -1.12. The quantitative estimate of drug-likeness (QED) is 0.623. The number of likely N-dealkylation sites (tertiary alicyclic amines) is 1. The molecular formula is C24H28ClN3O5. The molecule has 33 heavy (non-hydrogen) atoms. The van der Waals surface area contributed by atoms with E-state index in [1.807, 2.05) is 25.1 Å². The van der Waals surface area contributed by atoms with E-state index in [0.29, 0.717) is 36.7 Å². The second kappa shape index (κ2) is 9.57. The van der Waals surface area contributed by atoms with Crippen molar-refractivity contribution in [1.82, 2.24) is 15.1 Å². The van der Waals surface area contributed by atoms with Crippen LogP contribution in [0.5, 0.6) is 0 Å². The number of furan rings is 1. The van der Waals surface area contributed by atoms with Gasteiger partial charge in [0.15, 0.2) is 5.76 Å². The van der Waals surface area contributed by atoms with Crippen molar-refractivity contribution in [2.75, 3.05) is 33.4 Å². The molecule has 0 aliphatic carbocycles. The number of carbonyl (C=O) groups excluding carboxylic acids is 3. The number of urea groups is 1. The lowest BCUT2D eigenvalue weighted by atomic mass is 9.74. The van der Waals surface area contributed by atoms with Crippen LogP contribution < -0.4 is 5.32 Å². The Morgan fingerprint density at radius 1 is 1.24 bits per heavy atom. The molecule has 2 aromatic rings. The molecule has 8 nitrogen and oxygen atoms in total. The Kier molecular flexibility index (Phi) is 6.76. The van der Waals surface area contributed by atoms with Gasteiger partial charge >= 0.3 is 6.03 Å². The van der Waals surface area contributed by atoms with Crippen molar-refractivity contribution >= 4 is 29.4 Å². The molecule has 1 aromatic heterocycles. The first-order chi connectivity index (χ1) is 15.9. The number of piperidine rings is 1. The van der Waals surface area contributed by atoms with Crippen LogP contribution in [0, 0.1) is 12.8 Å². The van der Waals surface area contributed by atoms with Crippen LogP contribution >= 0.6 is 11.6 Å². The number of halogens is 1. The van der Waals surface area contributed by atoms with Gasteiger partial charge in [0.2, 0.25) is 0 Å². The summed E-state index contributed by atoms with van der Waals surface area (Å²) < 4.78 is 10.5. The summed E-state index contributed by atoms with van der Waals surface area (Å²) in [4.78, 5) is 42.3. The summed E-state index contributed by atoms with van der Waals surface area (Å²) in [6.45, 7) is 3.21. The van der Waals surface area contributed by atoms with Crippen molar-refractivity contribution in [3.63, 3.8) is 0 Å². The minimum Gasteiger partial charge on any atom is -0.459 e. The average molecular weight is 474 g/mol. The highest BCUT2D eigenvalue weighted by Gasteiger charge is 2.56. The third-order valence-electron chi connectivity index (χ3n) is 6.68. The highest BCUT2D eigenvalue weighted by Crippen LogP contribution is 2.38. The van der Waals surface area contributed by atoms with Gasteiger partial charge in [-0.2, -0.15) is 0 Å². The first-order valence-electron chi connectivity index (χ1n) is 11.1. The summed E-state index contributed by atoms with van der Waals surface area (Å²) in [5.74, 6) is -0.231. The van der Waals surface area contributed by atoms with Crippen LogP contribution in [0.25, 0.3) is 0 Å². The van der Waals surface area contributed by atoms with E-state index in [1.165, 1.54) is 18.3 Å².